The largest absolute Gasteiger partial charge is 0.346 e. The van der Waals surface area contributed by atoms with E-state index in [1.165, 1.54) is 12.1 Å². The number of pyridine rings is 1. The second-order valence-corrected chi connectivity index (χ2v) is 4.64. The van der Waals surface area contributed by atoms with Gasteiger partial charge in [-0.05, 0) is 29.7 Å². The molecule has 0 bridgehead atoms. The number of hydrogen-bond donors (Lipinski definition) is 1. The number of hydrogen-bond acceptors (Lipinski definition) is 2. The Labute approximate surface area is 121 Å². The van der Waals surface area contributed by atoms with Crippen LogP contribution in [0.2, 0.25) is 0 Å². The highest BCUT2D eigenvalue weighted by atomic mass is 19.1. The molecule has 3 rings (SSSR count). The van der Waals surface area contributed by atoms with Crippen LogP contribution in [0.3, 0.4) is 0 Å². The number of nitrogens with one attached hydrogen (secondary N) is 1. The molecule has 0 radical (unpaired) electrons. The number of carbonyl (C=O) groups is 1. The van der Waals surface area contributed by atoms with Crippen molar-refractivity contribution in [2.75, 3.05) is 0 Å². The van der Waals surface area contributed by atoms with Crippen molar-refractivity contribution in [1.82, 2.24) is 10.3 Å². The van der Waals surface area contributed by atoms with E-state index in [4.69, 9.17) is 0 Å². The second-order valence-electron chi connectivity index (χ2n) is 4.64. The Hall–Kier alpha value is -2.75. The maximum atomic E-state index is 13.7. The van der Waals surface area contributed by atoms with E-state index in [1.54, 1.807) is 30.5 Å². The summed E-state index contributed by atoms with van der Waals surface area (Å²) in [4.78, 5) is 16.4. The molecular weight excluding hydrogens is 267 g/mol. The lowest BCUT2D eigenvalue weighted by Gasteiger charge is -2.08. The van der Waals surface area contributed by atoms with Gasteiger partial charge in [-0.3, -0.25) is 9.78 Å². The van der Waals surface area contributed by atoms with Gasteiger partial charge in [0.2, 0.25) is 0 Å². The summed E-state index contributed by atoms with van der Waals surface area (Å²) in [7, 11) is 0. The van der Waals surface area contributed by atoms with Gasteiger partial charge >= 0.3 is 0 Å². The van der Waals surface area contributed by atoms with Crippen LogP contribution < -0.4 is 5.32 Å². The molecule has 1 heterocycles. The van der Waals surface area contributed by atoms with E-state index >= 15 is 0 Å². The lowest BCUT2D eigenvalue weighted by molar-refractivity contribution is 0.0952. The van der Waals surface area contributed by atoms with Gasteiger partial charge in [0, 0.05) is 17.1 Å². The molecule has 1 N–H and O–H groups in total. The van der Waals surface area contributed by atoms with Crippen molar-refractivity contribution in [1.29, 1.82) is 0 Å². The number of fused-ring (bicyclic) bond motifs is 1. The molecule has 1 amide bonds. The molecule has 3 nitrogen and oxygen atoms in total. The van der Waals surface area contributed by atoms with E-state index in [2.05, 4.69) is 10.3 Å². The van der Waals surface area contributed by atoms with Crippen molar-refractivity contribution in [3.63, 3.8) is 0 Å². The Morgan fingerprint density at radius 2 is 1.76 bits per heavy atom. The van der Waals surface area contributed by atoms with Crippen LogP contribution in [0, 0.1) is 5.82 Å². The third-order valence-electron chi connectivity index (χ3n) is 3.27. The second kappa shape index (κ2) is 5.71. The van der Waals surface area contributed by atoms with Gasteiger partial charge in [0.05, 0.1) is 12.2 Å². The predicted octanol–water partition coefficient (Wildman–Crippen LogP) is 3.30. The van der Waals surface area contributed by atoms with Gasteiger partial charge in [-0.2, -0.15) is 0 Å². The average molecular weight is 280 g/mol. The summed E-state index contributed by atoms with van der Waals surface area (Å²) in [5.41, 5.74) is 1.24. The Morgan fingerprint density at radius 3 is 2.52 bits per heavy atom. The third-order valence-corrected chi connectivity index (χ3v) is 3.27. The Bertz CT molecular complexity index is 787. The topological polar surface area (TPSA) is 42.0 Å². The van der Waals surface area contributed by atoms with E-state index in [0.29, 0.717) is 22.9 Å². The summed E-state index contributed by atoms with van der Waals surface area (Å²) in [6.07, 6.45) is 1.68. The minimum atomic E-state index is -0.327. The third kappa shape index (κ3) is 2.74. The van der Waals surface area contributed by atoms with Gasteiger partial charge in [-0.25, -0.2) is 4.39 Å². The minimum Gasteiger partial charge on any atom is -0.346 e. The number of benzene rings is 2. The molecule has 1 aromatic heterocycles. The highest BCUT2D eigenvalue weighted by Crippen LogP contribution is 2.21. The first kappa shape index (κ1) is 13.2. The van der Waals surface area contributed by atoms with Gasteiger partial charge in [-0.15, -0.1) is 0 Å². The molecular formula is C17H13FN2O. The van der Waals surface area contributed by atoms with Crippen LogP contribution in [0.15, 0.2) is 60.8 Å². The van der Waals surface area contributed by atoms with Crippen molar-refractivity contribution in [3.8, 4) is 0 Å². The Kier molecular flexibility index (Phi) is 3.60. The molecule has 0 aliphatic carbocycles. The van der Waals surface area contributed by atoms with E-state index < -0.39 is 0 Å². The minimum absolute atomic E-state index is 0.239. The van der Waals surface area contributed by atoms with E-state index in [9.17, 15) is 9.18 Å². The molecule has 0 atom stereocenters. The van der Waals surface area contributed by atoms with Crippen LogP contribution in [-0.4, -0.2) is 10.9 Å². The van der Waals surface area contributed by atoms with Crippen molar-refractivity contribution in [2.45, 2.75) is 6.54 Å². The summed E-state index contributed by atoms with van der Waals surface area (Å²) in [6, 6.07) is 15.3. The maximum absolute atomic E-state index is 13.7. The molecule has 2 aromatic carbocycles. The van der Waals surface area contributed by atoms with Crippen molar-refractivity contribution >= 4 is 16.7 Å². The fourth-order valence-corrected chi connectivity index (χ4v) is 2.23. The standard InChI is InChI=1S/C17H13FN2O/c18-16-9-8-15(13-6-1-2-7-14(13)16)17(21)20-11-12-5-3-4-10-19-12/h1-10H,11H2,(H,20,21). The molecule has 4 heteroatoms. The number of carbonyl (C=O) groups excluding carboxylic acids is 1. The van der Waals surface area contributed by atoms with Crippen LogP contribution in [0.5, 0.6) is 0 Å². The summed E-state index contributed by atoms with van der Waals surface area (Å²) >= 11 is 0. The van der Waals surface area contributed by atoms with Crippen molar-refractivity contribution in [3.05, 3.63) is 77.9 Å². The summed E-state index contributed by atoms with van der Waals surface area (Å²) in [6.45, 7) is 0.339. The van der Waals surface area contributed by atoms with Gasteiger partial charge in [-0.1, -0.05) is 30.3 Å². The van der Waals surface area contributed by atoms with Crippen LogP contribution in [0.25, 0.3) is 10.8 Å². The first-order valence-electron chi connectivity index (χ1n) is 6.61. The van der Waals surface area contributed by atoms with Gasteiger partial charge in [0.1, 0.15) is 5.82 Å². The Balaban J connectivity index is 1.87. The van der Waals surface area contributed by atoms with Crippen molar-refractivity contribution in [2.24, 2.45) is 0 Å². The summed E-state index contributed by atoms with van der Waals surface area (Å²) in [5.74, 6) is -0.566. The zero-order valence-electron chi connectivity index (χ0n) is 11.2. The van der Waals surface area contributed by atoms with Crippen LogP contribution in [0.4, 0.5) is 4.39 Å². The lowest BCUT2D eigenvalue weighted by atomic mass is 10.0. The molecule has 0 spiro atoms. The number of nitrogens with zero attached hydrogens (tertiary/aromatic N) is 1. The molecule has 21 heavy (non-hydrogen) atoms. The normalized spacial score (nSPS) is 10.5. The zero-order valence-corrected chi connectivity index (χ0v) is 11.2. The molecule has 3 aromatic rings. The van der Waals surface area contributed by atoms with Crippen molar-refractivity contribution < 1.29 is 9.18 Å². The number of amides is 1. The fraction of sp³-hybridized carbons (Fsp3) is 0.0588. The van der Waals surface area contributed by atoms with Gasteiger partial charge in [0.25, 0.3) is 5.91 Å². The SMILES string of the molecule is O=C(NCc1ccccn1)c1ccc(F)c2ccccc12. The number of rotatable bonds is 3. The lowest BCUT2D eigenvalue weighted by Crippen LogP contribution is -2.23. The summed E-state index contributed by atoms with van der Waals surface area (Å²) < 4.78 is 13.7. The molecule has 0 fully saturated rings. The Morgan fingerprint density at radius 1 is 1.00 bits per heavy atom. The highest BCUT2D eigenvalue weighted by molar-refractivity contribution is 6.07. The maximum Gasteiger partial charge on any atom is 0.252 e. The monoisotopic (exact) mass is 280 g/mol. The smallest absolute Gasteiger partial charge is 0.252 e. The predicted molar refractivity (Wildman–Crippen MR) is 79.3 cm³/mol. The van der Waals surface area contributed by atoms with E-state index in [1.807, 2.05) is 18.2 Å². The molecule has 0 aliphatic rings. The number of aromatic nitrogens is 1. The van der Waals surface area contributed by atoms with Crippen LogP contribution >= 0.6 is 0 Å². The quantitative estimate of drug-likeness (QED) is 0.799. The zero-order chi connectivity index (χ0) is 14.7. The fourth-order valence-electron chi connectivity index (χ4n) is 2.23. The number of halogens is 1. The molecule has 0 unspecified atom stereocenters. The summed E-state index contributed by atoms with van der Waals surface area (Å²) in [5, 5.41) is 3.86. The first-order chi connectivity index (χ1) is 10.3. The van der Waals surface area contributed by atoms with E-state index in [0.717, 1.165) is 5.69 Å². The van der Waals surface area contributed by atoms with Gasteiger partial charge in [0.15, 0.2) is 0 Å². The van der Waals surface area contributed by atoms with Crippen LogP contribution in [-0.2, 0) is 6.54 Å². The van der Waals surface area contributed by atoms with E-state index in [-0.39, 0.29) is 11.7 Å². The molecule has 0 aliphatic heterocycles. The molecule has 0 saturated carbocycles. The molecule has 104 valence electrons. The van der Waals surface area contributed by atoms with Gasteiger partial charge < -0.3 is 5.32 Å². The highest BCUT2D eigenvalue weighted by Gasteiger charge is 2.12. The first-order valence-corrected chi connectivity index (χ1v) is 6.61. The molecule has 0 saturated heterocycles. The van der Waals surface area contributed by atoms with Crippen LogP contribution in [0.1, 0.15) is 16.1 Å². The average Bonchev–Trinajstić information content (AvgIpc) is 2.54.